The van der Waals surface area contributed by atoms with Crippen molar-refractivity contribution in [3.8, 4) is 56.8 Å². The summed E-state index contributed by atoms with van der Waals surface area (Å²) < 4.78 is 366. The Bertz CT molecular complexity index is 3890. The highest BCUT2D eigenvalue weighted by Crippen LogP contribution is 2.57. The Balaban J connectivity index is 1.12. The highest BCUT2D eigenvalue weighted by Gasteiger charge is 2.72. The van der Waals surface area contributed by atoms with Gasteiger partial charge in [0.05, 0.1) is 33.4 Å². The average molecular weight is 1320 g/mol. The van der Waals surface area contributed by atoms with E-state index in [1.165, 1.54) is 38.1 Å². The van der Waals surface area contributed by atoms with Crippen LogP contribution in [0, 0.1) is 93.1 Å². The topological polar surface area (TPSA) is 36.9 Å². The molecule has 0 atom stereocenters. The molecule has 8 aromatic carbocycles. The molecule has 8 rings (SSSR count). The number of alkyl halides is 6. The van der Waals surface area contributed by atoms with Gasteiger partial charge in [0.15, 0.2) is 69.8 Å². The molecule has 0 aliphatic carbocycles. The van der Waals surface area contributed by atoms with Gasteiger partial charge in [0.2, 0.25) is 40.2 Å². The van der Waals surface area contributed by atoms with Crippen molar-refractivity contribution in [3.63, 3.8) is 0 Å². The largest absolute Gasteiger partial charge is 0.482 e. The number of ether oxygens (including phenoxy) is 4. The third-order valence-electron chi connectivity index (χ3n) is 14.8. The van der Waals surface area contributed by atoms with Gasteiger partial charge in [0.1, 0.15) is 34.2 Å². The normalized spacial score (nSPS) is 12.4. The minimum absolute atomic E-state index is 0.0142. The molecule has 0 spiro atoms. The van der Waals surface area contributed by atoms with E-state index in [0.29, 0.717) is 12.1 Å². The molecule has 0 N–H and O–H groups in total. The van der Waals surface area contributed by atoms with Gasteiger partial charge in [-0.1, -0.05) is 75.2 Å². The quantitative estimate of drug-likeness (QED) is 0.0634. The second-order valence-electron chi connectivity index (χ2n) is 19.4. The van der Waals surface area contributed by atoms with Crippen LogP contribution in [0.25, 0.3) is 22.3 Å². The zero-order chi connectivity index (χ0) is 65.9. The summed E-state index contributed by atoms with van der Waals surface area (Å²) in [6.45, 7) is 4.67. The summed E-state index contributed by atoms with van der Waals surface area (Å²) in [4.78, 5) is 0. The summed E-state index contributed by atoms with van der Waals surface area (Å²) in [6.07, 6.45) is -15.3. The smallest absolute Gasteiger partial charge is 0.411 e. The monoisotopic (exact) mass is 1320 g/mol. The SMILES string of the molecule is CCC(CC)(Oc1ccc(Cl)cc1)c1c(F)c(F)c(-c2c(F)c(F)c(Oc3ccc(C(c4ccc(OC(CC)(CC)c5c(F)c(F)c(-c6c(F)c(F)c(Oc7ccc(Cl)cc7)c(F)c6F)c(F)c5F)cc4)(C(F)(F)F)C(F)(F)F)cc3)c(F)c2F)c(F)c1F. The fourth-order valence-corrected chi connectivity index (χ4v) is 10.4. The Hall–Kier alpha value is -8.00. The Kier molecular flexibility index (Phi) is 18.6. The summed E-state index contributed by atoms with van der Waals surface area (Å²) >= 11 is 11.6. The van der Waals surface area contributed by atoms with Gasteiger partial charge in [0, 0.05) is 10.0 Å². The second-order valence-corrected chi connectivity index (χ2v) is 20.3. The molecule has 472 valence electrons. The van der Waals surface area contributed by atoms with Crippen molar-refractivity contribution >= 4 is 23.2 Å². The third-order valence-corrected chi connectivity index (χ3v) is 15.3. The van der Waals surface area contributed by atoms with E-state index in [4.69, 9.17) is 42.1 Å². The van der Waals surface area contributed by atoms with Crippen LogP contribution in [0.4, 0.5) is 96.6 Å². The van der Waals surface area contributed by atoms with E-state index in [-0.39, 0.29) is 52.2 Å². The first-order valence-electron chi connectivity index (χ1n) is 25.7. The van der Waals surface area contributed by atoms with Gasteiger partial charge in [-0.3, -0.25) is 0 Å². The van der Waals surface area contributed by atoms with Gasteiger partial charge in [-0.05, 0) is 110 Å². The second kappa shape index (κ2) is 24.8. The Morgan fingerprint density at radius 3 is 0.742 bits per heavy atom. The first kappa shape index (κ1) is 66.9. The molecule has 4 nitrogen and oxygen atoms in total. The first-order valence-corrected chi connectivity index (χ1v) is 26.5. The molecule has 0 saturated heterocycles. The van der Waals surface area contributed by atoms with E-state index >= 15 is 96.6 Å². The van der Waals surface area contributed by atoms with Gasteiger partial charge in [-0.2, -0.15) is 43.9 Å². The molecule has 28 heteroatoms. The molecule has 8 aromatic rings. The van der Waals surface area contributed by atoms with E-state index in [1.54, 1.807) is 0 Å². The van der Waals surface area contributed by atoms with Crippen LogP contribution in [0.5, 0.6) is 34.5 Å². The molecule has 0 amide bonds. The van der Waals surface area contributed by atoms with E-state index < -0.39 is 221 Å². The van der Waals surface area contributed by atoms with Crippen LogP contribution in [-0.2, 0) is 16.6 Å². The van der Waals surface area contributed by atoms with Crippen LogP contribution >= 0.6 is 23.2 Å². The number of hydrogen-bond donors (Lipinski definition) is 0. The van der Waals surface area contributed by atoms with Crippen molar-refractivity contribution in [1.29, 1.82) is 0 Å². The number of hydrogen-bond acceptors (Lipinski definition) is 4. The lowest BCUT2D eigenvalue weighted by molar-refractivity contribution is -0.288. The van der Waals surface area contributed by atoms with Crippen LogP contribution in [0.2, 0.25) is 10.0 Å². The fourth-order valence-electron chi connectivity index (χ4n) is 10.2. The van der Waals surface area contributed by atoms with E-state index in [0.717, 1.165) is 38.1 Å². The van der Waals surface area contributed by atoms with Crippen LogP contribution in [0.1, 0.15) is 75.6 Å². The summed E-state index contributed by atoms with van der Waals surface area (Å²) in [5.41, 5.74) is -26.1. The lowest BCUT2D eigenvalue weighted by Crippen LogP contribution is -2.54. The molecule has 89 heavy (non-hydrogen) atoms. The molecule has 0 aliphatic rings. The zero-order valence-corrected chi connectivity index (χ0v) is 46.8. The lowest BCUT2D eigenvalue weighted by atomic mass is 9.73. The molecule has 0 bridgehead atoms. The molecule has 0 aliphatic heterocycles. The zero-order valence-electron chi connectivity index (χ0n) is 45.3. The standard InChI is InChI=1S/C61H36Cl2F22O4/c1-5-57(6-2,37-47(72)39(64)34(40(65)48(37)73)36-45(70)53(78)56(54(79)46(36)71)87-30-21-13-27(62)14-22-30)88-31-19-11-26(12-20-31)59(60(80,81)82,61(83,84)85)25-9-17-29(18-10-25)86-55-51(76)43(68)35(44(69)52(55)77)33-41(66)49(74)38(50(75)42(33)67)58(7-3,8-4)89-32-23-15-28(63)16-24-32/h9-24H,5-8H2,1-4H3. The molecule has 0 heterocycles. The number of halogens is 24. The molecule has 0 saturated carbocycles. The molecule has 0 fully saturated rings. The molecule has 0 aromatic heterocycles. The lowest BCUT2D eigenvalue weighted by Gasteiger charge is -2.38. The van der Waals surface area contributed by atoms with Crippen molar-refractivity contribution in [2.75, 3.05) is 0 Å². The molecule has 0 radical (unpaired) electrons. The predicted molar refractivity (Wildman–Crippen MR) is 278 cm³/mol. The van der Waals surface area contributed by atoms with Crippen LogP contribution in [-0.4, -0.2) is 12.4 Å². The van der Waals surface area contributed by atoms with E-state index in [9.17, 15) is 0 Å². The summed E-state index contributed by atoms with van der Waals surface area (Å²) in [5, 5.41) is 0.250. The average Bonchev–Trinajstić information content (AvgIpc) is 0.819. The van der Waals surface area contributed by atoms with Gasteiger partial charge in [-0.15, -0.1) is 0 Å². The Morgan fingerprint density at radius 2 is 0.506 bits per heavy atom. The van der Waals surface area contributed by atoms with Crippen LogP contribution in [0.15, 0.2) is 97.1 Å². The minimum Gasteiger partial charge on any atom is -0.482 e. The highest BCUT2D eigenvalue weighted by molar-refractivity contribution is 6.30. The molecule has 0 unspecified atom stereocenters. The van der Waals surface area contributed by atoms with Crippen molar-refractivity contribution in [2.24, 2.45) is 0 Å². The summed E-state index contributed by atoms with van der Waals surface area (Å²) in [5.74, 6) is -47.9. The van der Waals surface area contributed by atoms with Gasteiger partial charge in [0.25, 0.3) is 0 Å². The Labute approximate surface area is 498 Å². The van der Waals surface area contributed by atoms with Gasteiger partial charge in [-0.25, -0.2) is 52.7 Å². The van der Waals surface area contributed by atoms with E-state index in [1.807, 2.05) is 0 Å². The van der Waals surface area contributed by atoms with Crippen molar-refractivity contribution in [1.82, 2.24) is 0 Å². The maximum absolute atomic E-state index is 16.3. The van der Waals surface area contributed by atoms with Gasteiger partial charge < -0.3 is 18.9 Å². The Morgan fingerprint density at radius 1 is 0.292 bits per heavy atom. The number of rotatable bonds is 18. The predicted octanol–water partition coefficient (Wildman–Crippen LogP) is 21.7. The summed E-state index contributed by atoms with van der Waals surface area (Å²) in [6, 6.07) is 10.6. The van der Waals surface area contributed by atoms with Crippen LogP contribution in [0.3, 0.4) is 0 Å². The molecular formula is C61H36Cl2F22O4. The van der Waals surface area contributed by atoms with Crippen LogP contribution < -0.4 is 18.9 Å². The van der Waals surface area contributed by atoms with Gasteiger partial charge >= 0.3 is 12.4 Å². The third kappa shape index (κ3) is 11.2. The van der Waals surface area contributed by atoms with Crippen molar-refractivity contribution < 1.29 is 116 Å². The highest BCUT2D eigenvalue weighted by atomic mass is 35.5. The van der Waals surface area contributed by atoms with Crippen molar-refractivity contribution in [2.45, 2.75) is 82.3 Å². The molecular weight excluding hydrogens is 1290 g/mol. The first-order chi connectivity index (χ1) is 41.6. The fraction of sp³-hybridized carbons (Fsp3) is 0.213. The maximum atomic E-state index is 16.3. The van der Waals surface area contributed by atoms with Crippen molar-refractivity contribution in [3.05, 3.63) is 222 Å². The number of benzene rings is 8. The maximum Gasteiger partial charge on any atom is 0.411 e. The van der Waals surface area contributed by atoms with E-state index in [2.05, 4.69) is 0 Å². The summed E-state index contributed by atoms with van der Waals surface area (Å²) in [7, 11) is 0. The minimum atomic E-state index is -6.44.